The molecule has 0 heterocycles. The molecule has 1 unspecified atom stereocenters. The lowest BCUT2D eigenvalue weighted by Crippen LogP contribution is -2.19. The number of halogens is 1. The highest BCUT2D eigenvalue weighted by Crippen LogP contribution is 2.23. The predicted molar refractivity (Wildman–Crippen MR) is 57.8 cm³/mol. The Kier molecular flexibility index (Phi) is 3.81. The number of benzene rings is 1. The van der Waals surface area contributed by atoms with Crippen LogP contribution in [0.5, 0.6) is 0 Å². The molecule has 1 aromatic rings. The maximum Gasteiger partial charge on any atom is 0.126 e. The predicted octanol–water partition coefficient (Wildman–Crippen LogP) is 2.65. The van der Waals surface area contributed by atoms with Crippen molar-refractivity contribution < 1.29 is 4.39 Å². The summed E-state index contributed by atoms with van der Waals surface area (Å²) < 4.78 is 13.1. The molecule has 0 radical (unpaired) electrons. The third-order valence-electron chi connectivity index (χ3n) is 2.47. The van der Waals surface area contributed by atoms with E-state index in [0.29, 0.717) is 12.0 Å². The van der Waals surface area contributed by atoms with Crippen LogP contribution >= 0.6 is 0 Å². The molecule has 0 saturated heterocycles. The van der Waals surface area contributed by atoms with Gasteiger partial charge in [-0.2, -0.15) is 5.26 Å². The zero-order valence-electron chi connectivity index (χ0n) is 9.29. The van der Waals surface area contributed by atoms with E-state index in [1.165, 1.54) is 6.07 Å². The fraction of sp³-hybridized carbons (Fsp3) is 0.417. The average molecular weight is 206 g/mol. The van der Waals surface area contributed by atoms with Gasteiger partial charge in [0.2, 0.25) is 0 Å². The fourth-order valence-corrected chi connectivity index (χ4v) is 1.56. The van der Waals surface area contributed by atoms with E-state index in [1.54, 1.807) is 19.1 Å². The van der Waals surface area contributed by atoms with Gasteiger partial charge in [0.05, 0.1) is 12.5 Å². The molecule has 0 amide bonds. The van der Waals surface area contributed by atoms with Gasteiger partial charge in [-0.3, -0.25) is 0 Å². The number of rotatable bonds is 3. The van der Waals surface area contributed by atoms with Crippen LogP contribution in [0.25, 0.3) is 0 Å². The number of hydrogen-bond donors (Lipinski definition) is 0. The minimum Gasteiger partial charge on any atom is -0.301 e. The molecule has 1 rings (SSSR count). The lowest BCUT2D eigenvalue weighted by atomic mass is 10.0. The van der Waals surface area contributed by atoms with Crippen molar-refractivity contribution in [2.75, 3.05) is 14.1 Å². The lowest BCUT2D eigenvalue weighted by molar-refractivity contribution is 0.303. The topological polar surface area (TPSA) is 27.0 Å². The summed E-state index contributed by atoms with van der Waals surface area (Å²) in [4.78, 5) is 1.97. The van der Waals surface area contributed by atoms with Crippen LogP contribution in [0.15, 0.2) is 18.2 Å². The lowest BCUT2D eigenvalue weighted by Gasteiger charge is -2.22. The van der Waals surface area contributed by atoms with Crippen molar-refractivity contribution in [2.24, 2.45) is 0 Å². The maximum atomic E-state index is 13.1. The van der Waals surface area contributed by atoms with E-state index in [4.69, 9.17) is 5.26 Å². The van der Waals surface area contributed by atoms with Crippen molar-refractivity contribution in [1.29, 1.82) is 5.26 Å². The highest BCUT2D eigenvalue weighted by Gasteiger charge is 2.14. The molecule has 3 heteroatoms. The summed E-state index contributed by atoms with van der Waals surface area (Å²) in [6.07, 6.45) is 0.415. The molecule has 0 aliphatic carbocycles. The minimum absolute atomic E-state index is 0.0364. The molecule has 0 spiro atoms. The molecule has 15 heavy (non-hydrogen) atoms. The van der Waals surface area contributed by atoms with E-state index in [1.807, 2.05) is 19.0 Å². The molecule has 1 atom stereocenters. The summed E-state index contributed by atoms with van der Waals surface area (Å²) in [7, 11) is 3.83. The standard InChI is InChI=1S/C12H15FN2/c1-9-8-10(4-5-11(9)13)12(6-7-14)15(2)3/h4-5,8,12H,6H2,1-3H3. The first-order chi connectivity index (χ1) is 7.06. The van der Waals surface area contributed by atoms with Crippen LogP contribution in [0.2, 0.25) is 0 Å². The zero-order valence-corrected chi connectivity index (χ0v) is 9.29. The second-order valence-corrected chi connectivity index (χ2v) is 3.85. The molecule has 1 aromatic carbocycles. The molecule has 0 fully saturated rings. The Bertz CT molecular complexity index is 380. The highest BCUT2D eigenvalue weighted by atomic mass is 19.1. The van der Waals surface area contributed by atoms with Gasteiger partial charge in [0, 0.05) is 6.04 Å². The summed E-state index contributed by atoms with van der Waals surface area (Å²) >= 11 is 0. The van der Waals surface area contributed by atoms with Crippen molar-refractivity contribution in [2.45, 2.75) is 19.4 Å². The molecule has 80 valence electrons. The molecule has 0 N–H and O–H groups in total. The second kappa shape index (κ2) is 4.90. The molecule has 0 bridgehead atoms. The van der Waals surface area contributed by atoms with Gasteiger partial charge in [0.25, 0.3) is 0 Å². The average Bonchev–Trinajstić information content (AvgIpc) is 2.18. The van der Waals surface area contributed by atoms with E-state index < -0.39 is 0 Å². The summed E-state index contributed by atoms with van der Waals surface area (Å²) in [5, 5.41) is 8.72. The summed E-state index contributed by atoms with van der Waals surface area (Å²) in [6.45, 7) is 1.73. The maximum absolute atomic E-state index is 13.1. The molecule has 0 aliphatic heterocycles. The molecule has 2 nitrogen and oxygen atoms in total. The van der Waals surface area contributed by atoms with E-state index >= 15 is 0 Å². The van der Waals surface area contributed by atoms with E-state index in [2.05, 4.69) is 6.07 Å². The van der Waals surface area contributed by atoms with E-state index in [0.717, 1.165) is 5.56 Å². The van der Waals surface area contributed by atoms with Gasteiger partial charge >= 0.3 is 0 Å². The molecular formula is C12H15FN2. The molecular weight excluding hydrogens is 191 g/mol. The quantitative estimate of drug-likeness (QED) is 0.760. The van der Waals surface area contributed by atoms with Crippen LogP contribution < -0.4 is 0 Å². The van der Waals surface area contributed by atoms with Crippen LogP contribution in [0.3, 0.4) is 0 Å². The Labute approximate surface area is 89.9 Å². The first-order valence-electron chi connectivity index (χ1n) is 4.85. The van der Waals surface area contributed by atoms with Gasteiger partial charge in [0.1, 0.15) is 5.82 Å². The van der Waals surface area contributed by atoms with Crippen LogP contribution in [-0.4, -0.2) is 19.0 Å². The Balaban J connectivity index is 3.02. The van der Waals surface area contributed by atoms with Crippen molar-refractivity contribution >= 4 is 0 Å². The zero-order chi connectivity index (χ0) is 11.4. The van der Waals surface area contributed by atoms with Crippen LogP contribution in [0.1, 0.15) is 23.6 Å². The number of nitriles is 1. The van der Waals surface area contributed by atoms with Crippen LogP contribution in [-0.2, 0) is 0 Å². The van der Waals surface area contributed by atoms with Gasteiger partial charge in [-0.15, -0.1) is 0 Å². The highest BCUT2D eigenvalue weighted by molar-refractivity contribution is 5.27. The van der Waals surface area contributed by atoms with E-state index in [9.17, 15) is 4.39 Å². The van der Waals surface area contributed by atoms with Gasteiger partial charge in [-0.25, -0.2) is 4.39 Å². The SMILES string of the molecule is Cc1cc(C(CC#N)N(C)C)ccc1F. The van der Waals surface area contributed by atoms with E-state index in [-0.39, 0.29) is 11.9 Å². The fourth-order valence-electron chi connectivity index (χ4n) is 1.56. The first-order valence-corrected chi connectivity index (χ1v) is 4.85. The normalized spacial score (nSPS) is 12.5. The van der Waals surface area contributed by atoms with Crippen molar-refractivity contribution in [3.05, 3.63) is 35.1 Å². The van der Waals surface area contributed by atoms with Gasteiger partial charge in [-0.1, -0.05) is 12.1 Å². The monoisotopic (exact) mass is 206 g/mol. The Morgan fingerprint density at radius 2 is 2.13 bits per heavy atom. The van der Waals surface area contributed by atoms with Crippen LogP contribution in [0, 0.1) is 24.1 Å². The second-order valence-electron chi connectivity index (χ2n) is 3.85. The summed E-state index contributed by atoms with van der Waals surface area (Å²) in [6, 6.07) is 7.18. The van der Waals surface area contributed by atoms with Crippen molar-refractivity contribution in [3.8, 4) is 6.07 Å². The van der Waals surface area contributed by atoms with Crippen LogP contribution in [0.4, 0.5) is 4.39 Å². The largest absolute Gasteiger partial charge is 0.301 e. The number of nitrogens with zero attached hydrogens (tertiary/aromatic N) is 2. The third-order valence-corrected chi connectivity index (χ3v) is 2.47. The molecule has 0 aromatic heterocycles. The van der Waals surface area contributed by atoms with Gasteiger partial charge in [-0.05, 0) is 38.2 Å². The van der Waals surface area contributed by atoms with Crippen molar-refractivity contribution in [3.63, 3.8) is 0 Å². The van der Waals surface area contributed by atoms with Gasteiger partial charge < -0.3 is 4.90 Å². The Morgan fingerprint density at radius 1 is 1.47 bits per heavy atom. The summed E-state index contributed by atoms with van der Waals surface area (Å²) in [5.41, 5.74) is 1.61. The van der Waals surface area contributed by atoms with Gasteiger partial charge in [0.15, 0.2) is 0 Å². The van der Waals surface area contributed by atoms with Crippen molar-refractivity contribution in [1.82, 2.24) is 4.90 Å². The number of hydrogen-bond acceptors (Lipinski definition) is 2. The third kappa shape index (κ3) is 2.77. The number of aryl methyl sites for hydroxylation is 1. The first kappa shape index (κ1) is 11.7. The summed E-state index contributed by atoms with van der Waals surface area (Å²) in [5.74, 6) is -0.201. The Morgan fingerprint density at radius 3 is 2.60 bits per heavy atom. The smallest absolute Gasteiger partial charge is 0.126 e. The molecule has 0 saturated carbocycles. The molecule has 0 aliphatic rings. The minimum atomic E-state index is -0.201. The Hall–Kier alpha value is -1.40.